The van der Waals surface area contributed by atoms with Crippen LogP contribution in [0, 0.1) is 6.92 Å². The monoisotopic (exact) mass is 280 g/mol. The van der Waals surface area contributed by atoms with E-state index in [-0.39, 0.29) is 5.91 Å². The van der Waals surface area contributed by atoms with E-state index in [1.54, 1.807) is 12.3 Å². The predicted molar refractivity (Wildman–Crippen MR) is 82.3 cm³/mol. The molecule has 0 unspecified atom stereocenters. The molecule has 4 heteroatoms. The molecule has 0 radical (unpaired) electrons. The molecule has 0 bridgehead atoms. The first kappa shape index (κ1) is 13.4. The van der Waals surface area contributed by atoms with Gasteiger partial charge in [-0.05, 0) is 54.0 Å². The average Bonchev–Trinajstić information content (AvgIpc) is 2.92. The van der Waals surface area contributed by atoms with Crippen LogP contribution in [0.5, 0.6) is 5.75 Å². The molecular weight excluding hydrogens is 264 g/mol. The first-order valence-corrected chi connectivity index (χ1v) is 6.88. The molecule has 2 heterocycles. The number of hydrogen-bond donors (Lipinski definition) is 1. The lowest BCUT2D eigenvalue weighted by molar-refractivity contribution is -0.111. The molecule has 1 aromatic heterocycles. The number of amides is 1. The van der Waals surface area contributed by atoms with Crippen molar-refractivity contribution in [1.29, 1.82) is 0 Å². The minimum absolute atomic E-state index is 0.190. The zero-order valence-electron chi connectivity index (χ0n) is 11.8. The fourth-order valence-electron chi connectivity index (χ4n) is 2.25. The fraction of sp³-hybridized carbons (Fsp3) is 0.176. The molecule has 0 aliphatic carbocycles. The summed E-state index contributed by atoms with van der Waals surface area (Å²) >= 11 is 0. The van der Waals surface area contributed by atoms with E-state index in [0.717, 1.165) is 29.9 Å². The van der Waals surface area contributed by atoms with Crippen LogP contribution in [0.3, 0.4) is 0 Å². The summed E-state index contributed by atoms with van der Waals surface area (Å²) in [5.41, 5.74) is 3.24. The van der Waals surface area contributed by atoms with Crippen molar-refractivity contribution in [1.82, 2.24) is 4.98 Å². The minimum Gasteiger partial charge on any atom is -0.493 e. The molecule has 1 N–H and O–H groups in total. The number of fused-ring (bicyclic) bond motifs is 1. The summed E-state index contributed by atoms with van der Waals surface area (Å²) in [5.74, 6) is 1.32. The first-order chi connectivity index (χ1) is 10.2. The van der Waals surface area contributed by atoms with E-state index < -0.39 is 0 Å². The van der Waals surface area contributed by atoms with Crippen molar-refractivity contribution < 1.29 is 9.53 Å². The third-order valence-electron chi connectivity index (χ3n) is 3.31. The molecule has 1 aliphatic rings. The van der Waals surface area contributed by atoms with Crippen LogP contribution in [0.2, 0.25) is 0 Å². The standard InChI is InChI=1S/C17H16N2O2/c1-12-6-8-18-16(10-12)19-17(20)5-3-13-2-4-15-14(11-13)7-9-21-15/h2-6,8,10-11H,7,9H2,1H3,(H,18,19,20)/b5-3+. The molecule has 0 saturated carbocycles. The molecule has 106 valence electrons. The van der Waals surface area contributed by atoms with Crippen molar-refractivity contribution >= 4 is 17.8 Å². The maximum atomic E-state index is 11.9. The van der Waals surface area contributed by atoms with E-state index in [4.69, 9.17) is 4.74 Å². The van der Waals surface area contributed by atoms with Crippen molar-refractivity contribution in [2.45, 2.75) is 13.3 Å². The Morgan fingerprint density at radius 2 is 2.24 bits per heavy atom. The number of aryl methyl sites for hydroxylation is 1. The minimum atomic E-state index is -0.190. The second-order valence-corrected chi connectivity index (χ2v) is 5.01. The Kier molecular flexibility index (Phi) is 3.69. The number of nitrogens with zero attached hydrogens (tertiary/aromatic N) is 1. The van der Waals surface area contributed by atoms with Crippen molar-refractivity contribution in [3.8, 4) is 5.75 Å². The van der Waals surface area contributed by atoms with Gasteiger partial charge in [-0.1, -0.05) is 6.07 Å². The Hall–Kier alpha value is -2.62. The molecule has 0 spiro atoms. The highest BCUT2D eigenvalue weighted by molar-refractivity contribution is 6.01. The highest BCUT2D eigenvalue weighted by atomic mass is 16.5. The van der Waals surface area contributed by atoms with Gasteiger partial charge in [-0.3, -0.25) is 4.79 Å². The van der Waals surface area contributed by atoms with Crippen LogP contribution < -0.4 is 10.1 Å². The van der Waals surface area contributed by atoms with Gasteiger partial charge in [0.15, 0.2) is 0 Å². The summed E-state index contributed by atoms with van der Waals surface area (Å²) in [7, 11) is 0. The largest absolute Gasteiger partial charge is 0.493 e. The second kappa shape index (κ2) is 5.79. The number of pyridine rings is 1. The number of ether oxygens (including phenoxy) is 1. The molecule has 0 fully saturated rings. The molecule has 4 nitrogen and oxygen atoms in total. The Morgan fingerprint density at radius 1 is 1.33 bits per heavy atom. The molecule has 0 saturated heterocycles. The fourth-order valence-corrected chi connectivity index (χ4v) is 2.25. The summed E-state index contributed by atoms with van der Waals surface area (Å²) in [6.45, 7) is 2.70. The molecule has 3 rings (SSSR count). The van der Waals surface area contributed by atoms with Crippen LogP contribution >= 0.6 is 0 Å². The molecular formula is C17H16N2O2. The topological polar surface area (TPSA) is 51.2 Å². The van der Waals surface area contributed by atoms with Crippen molar-refractivity contribution in [3.05, 3.63) is 59.3 Å². The Balaban J connectivity index is 1.67. The van der Waals surface area contributed by atoms with Gasteiger partial charge in [-0.25, -0.2) is 4.98 Å². The Bertz CT molecular complexity index is 708. The van der Waals surface area contributed by atoms with Crippen molar-refractivity contribution in [3.63, 3.8) is 0 Å². The van der Waals surface area contributed by atoms with E-state index in [1.807, 2.05) is 31.2 Å². The van der Waals surface area contributed by atoms with Crippen LogP contribution in [-0.4, -0.2) is 17.5 Å². The van der Waals surface area contributed by atoms with Crippen molar-refractivity contribution in [2.24, 2.45) is 0 Å². The Morgan fingerprint density at radius 3 is 3.10 bits per heavy atom. The summed E-state index contributed by atoms with van der Waals surface area (Å²) < 4.78 is 5.46. The van der Waals surface area contributed by atoms with E-state index in [0.29, 0.717) is 5.82 Å². The van der Waals surface area contributed by atoms with Gasteiger partial charge >= 0.3 is 0 Å². The summed E-state index contributed by atoms with van der Waals surface area (Å²) in [6, 6.07) is 9.66. The van der Waals surface area contributed by atoms with Crippen molar-refractivity contribution in [2.75, 3.05) is 11.9 Å². The predicted octanol–water partition coefficient (Wildman–Crippen LogP) is 2.98. The molecule has 1 amide bonds. The smallest absolute Gasteiger partial charge is 0.249 e. The summed E-state index contributed by atoms with van der Waals surface area (Å²) in [5, 5.41) is 2.74. The number of carbonyl (C=O) groups excluding carboxylic acids is 1. The number of hydrogen-bond acceptors (Lipinski definition) is 3. The van der Waals surface area contributed by atoms with Gasteiger partial charge in [0.25, 0.3) is 0 Å². The first-order valence-electron chi connectivity index (χ1n) is 6.88. The lowest BCUT2D eigenvalue weighted by Gasteiger charge is -2.02. The molecule has 21 heavy (non-hydrogen) atoms. The number of carbonyl (C=O) groups is 1. The van der Waals surface area contributed by atoms with E-state index >= 15 is 0 Å². The average molecular weight is 280 g/mol. The summed E-state index contributed by atoms with van der Waals surface area (Å²) in [4.78, 5) is 16.0. The van der Waals surface area contributed by atoms with Crippen LogP contribution in [0.15, 0.2) is 42.6 Å². The number of aromatic nitrogens is 1. The number of benzene rings is 1. The Labute approximate surface area is 123 Å². The maximum absolute atomic E-state index is 11.9. The highest BCUT2D eigenvalue weighted by Gasteiger charge is 2.11. The normalized spacial score (nSPS) is 13.0. The van der Waals surface area contributed by atoms with Gasteiger partial charge in [0.2, 0.25) is 5.91 Å². The summed E-state index contributed by atoms with van der Waals surface area (Å²) in [6.07, 6.45) is 5.91. The molecule has 2 aromatic rings. The van der Waals surface area contributed by atoms with Gasteiger partial charge in [0.05, 0.1) is 6.61 Å². The number of rotatable bonds is 3. The molecule has 1 aromatic carbocycles. The lowest BCUT2D eigenvalue weighted by Crippen LogP contribution is -2.09. The van der Waals surface area contributed by atoms with Crippen LogP contribution in [0.25, 0.3) is 6.08 Å². The van der Waals surface area contributed by atoms with Gasteiger partial charge in [0, 0.05) is 18.7 Å². The zero-order chi connectivity index (χ0) is 14.7. The third kappa shape index (κ3) is 3.28. The van der Waals surface area contributed by atoms with Gasteiger partial charge in [-0.2, -0.15) is 0 Å². The number of nitrogens with one attached hydrogen (secondary N) is 1. The molecule has 1 aliphatic heterocycles. The van der Waals surface area contributed by atoms with Crippen LogP contribution in [-0.2, 0) is 11.2 Å². The second-order valence-electron chi connectivity index (χ2n) is 5.01. The van der Waals surface area contributed by atoms with Crippen LogP contribution in [0.4, 0.5) is 5.82 Å². The van der Waals surface area contributed by atoms with E-state index in [9.17, 15) is 4.79 Å². The van der Waals surface area contributed by atoms with Gasteiger partial charge < -0.3 is 10.1 Å². The lowest BCUT2D eigenvalue weighted by atomic mass is 10.1. The quantitative estimate of drug-likeness (QED) is 0.879. The third-order valence-corrected chi connectivity index (χ3v) is 3.31. The van der Waals surface area contributed by atoms with Gasteiger partial charge in [-0.15, -0.1) is 0 Å². The molecule has 0 atom stereocenters. The zero-order valence-corrected chi connectivity index (χ0v) is 11.8. The van der Waals surface area contributed by atoms with Crippen LogP contribution in [0.1, 0.15) is 16.7 Å². The van der Waals surface area contributed by atoms with E-state index in [1.165, 1.54) is 11.6 Å². The SMILES string of the molecule is Cc1ccnc(NC(=O)/C=C/c2ccc3c(c2)CCO3)c1. The van der Waals surface area contributed by atoms with E-state index in [2.05, 4.69) is 16.4 Å². The highest BCUT2D eigenvalue weighted by Crippen LogP contribution is 2.26. The number of anilines is 1. The maximum Gasteiger partial charge on any atom is 0.249 e. The van der Waals surface area contributed by atoms with Gasteiger partial charge in [0.1, 0.15) is 11.6 Å².